The number of pyridine rings is 3. The Labute approximate surface area is 566 Å². The van der Waals surface area contributed by atoms with Crippen molar-refractivity contribution >= 4 is 115 Å². The highest BCUT2D eigenvalue weighted by atomic mass is 79.9. The molecule has 3 aliphatic heterocycles. The first kappa shape index (κ1) is 74.0. The average Bonchev–Trinajstić information content (AvgIpc) is 0.918. The molecule has 9 rings (SSSR count). The third kappa shape index (κ3) is 23.8. The highest BCUT2D eigenvalue weighted by molar-refractivity contribution is 9.11. The molecule has 0 radical (unpaired) electrons. The van der Waals surface area contributed by atoms with Crippen LogP contribution in [0.15, 0.2) is 124 Å². The van der Waals surface area contributed by atoms with Gasteiger partial charge in [0.2, 0.25) is 49.3 Å². The number of nitrogens with zero attached hydrogens (tertiary/aromatic N) is 18. The summed E-state index contributed by atoms with van der Waals surface area (Å²) in [5.41, 5.74) is 0. The number of halogens is 3. The van der Waals surface area contributed by atoms with Gasteiger partial charge in [0.15, 0.2) is 0 Å². The van der Waals surface area contributed by atoms with Crippen molar-refractivity contribution < 1.29 is 55.3 Å². The van der Waals surface area contributed by atoms with Crippen molar-refractivity contribution in [2.75, 3.05) is 110 Å². The van der Waals surface area contributed by atoms with Gasteiger partial charge >= 0.3 is 0 Å². The van der Waals surface area contributed by atoms with E-state index in [9.17, 15) is 55.3 Å². The lowest BCUT2D eigenvalue weighted by Crippen LogP contribution is -2.51. The summed E-state index contributed by atoms with van der Waals surface area (Å²) in [7, 11) is -11.0. The number of carbonyl (C=O) groups is 3. The van der Waals surface area contributed by atoms with Crippen molar-refractivity contribution in [3.8, 4) is 0 Å². The summed E-state index contributed by atoms with van der Waals surface area (Å²) in [6.45, 7) is 4.99. The highest BCUT2D eigenvalue weighted by Crippen LogP contribution is 2.24. The van der Waals surface area contributed by atoms with Crippen LogP contribution in [0, 0.1) is 0 Å². The number of hydrogen-bond acceptors (Lipinski definition) is 24. The van der Waals surface area contributed by atoms with Crippen LogP contribution in [-0.4, -0.2) is 247 Å². The van der Waals surface area contributed by atoms with Crippen LogP contribution in [0.3, 0.4) is 0 Å². The summed E-state index contributed by atoms with van der Waals surface area (Å²) < 4.78 is 84.5. The van der Waals surface area contributed by atoms with Gasteiger partial charge in [0.05, 0.1) is 35.4 Å². The fraction of sp³-hybridized carbons (Fsp3) is 0.474. The van der Waals surface area contributed by atoms with E-state index in [2.05, 4.69) is 92.6 Å². The lowest BCUT2D eigenvalue weighted by molar-refractivity contribution is -0.159. The van der Waals surface area contributed by atoms with Gasteiger partial charge in [-0.1, -0.05) is 0 Å². The number of amides is 3. The number of hydroxylamine groups is 6. The molecule has 3 aliphatic rings. The van der Waals surface area contributed by atoms with Gasteiger partial charge in [-0.3, -0.25) is 30.0 Å². The van der Waals surface area contributed by atoms with E-state index in [4.69, 9.17) is 0 Å². The molecule has 30 nitrogen and oxygen atoms in total. The molecule has 9 heterocycles. The van der Waals surface area contributed by atoms with Gasteiger partial charge in [0.25, 0.3) is 0 Å². The summed E-state index contributed by atoms with van der Waals surface area (Å²) in [6, 6.07) is 14.0. The SMILES string of the molecule is O=CN(O)C(CCCc1ncccn1)CS(=O)(=O)N1CCN(c2ccc(Br)cn2)CC1.O=CN(O)[C@@H](CCCc1ncccn1)CS(=O)(=O)N1CCN(c2ccc(Br)cn2)CC1.O=CN(O)[C@H](CCCc1ncccn1)CS(=O)(=O)N1CCN(c2ccc(Br)cn2)CC1. The summed E-state index contributed by atoms with van der Waals surface area (Å²) in [4.78, 5) is 77.2. The van der Waals surface area contributed by atoms with Crippen molar-refractivity contribution in [2.24, 2.45) is 0 Å². The van der Waals surface area contributed by atoms with E-state index in [1.807, 2.05) is 51.1 Å². The van der Waals surface area contributed by atoms with Crippen LogP contribution in [0.5, 0.6) is 0 Å². The molecule has 0 spiro atoms. The second kappa shape index (κ2) is 37.0. The first-order valence-electron chi connectivity index (χ1n) is 29.7. The van der Waals surface area contributed by atoms with Gasteiger partial charge in [-0.05, 0) is 141 Å². The fourth-order valence-electron chi connectivity index (χ4n) is 10.3. The molecule has 3 fully saturated rings. The van der Waals surface area contributed by atoms with Gasteiger partial charge in [-0.15, -0.1) is 0 Å². The number of carbonyl (C=O) groups excluding carboxylic acids is 3. The molecule has 36 heteroatoms. The first-order valence-corrected chi connectivity index (χ1v) is 37.0. The van der Waals surface area contributed by atoms with E-state index in [0.717, 1.165) is 30.9 Å². The van der Waals surface area contributed by atoms with Gasteiger partial charge in [0.1, 0.15) is 34.9 Å². The minimum atomic E-state index is -3.66. The van der Waals surface area contributed by atoms with Gasteiger partial charge < -0.3 is 14.7 Å². The Morgan fingerprint density at radius 3 is 0.828 bits per heavy atom. The number of hydrogen-bond donors (Lipinski definition) is 3. The Hall–Kier alpha value is -6.45. The lowest BCUT2D eigenvalue weighted by atomic mass is 10.1. The number of piperazine rings is 3. The number of anilines is 3. The van der Waals surface area contributed by atoms with Crippen LogP contribution in [-0.2, 0) is 63.7 Å². The van der Waals surface area contributed by atoms with E-state index >= 15 is 0 Å². The van der Waals surface area contributed by atoms with Crippen LogP contribution in [0.2, 0.25) is 0 Å². The van der Waals surface area contributed by atoms with Crippen molar-refractivity contribution in [1.29, 1.82) is 0 Å². The van der Waals surface area contributed by atoms with Crippen molar-refractivity contribution in [1.82, 2.24) is 73.0 Å². The summed E-state index contributed by atoms with van der Waals surface area (Å²) in [6.07, 6.45) is 19.8. The monoisotopic (exact) mass is 1540 g/mol. The van der Waals surface area contributed by atoms with E-state index in [0.29, 0.717) is 169 Å². The number of sulfonamides is 3. The predicted molar refractivity (Wildman–Crippen MR) is 354 cm³/mol. The molecule has 0 aromatic carbocycles. The molecule has 0 saturated carbocycles. The van der Waals surface area contributed by atoms with Gasteiger partial charge in [-0.2, -0.15) is 12.9 Å². The number of aryl methyl sites for hydroxylation is 3. The maximum atomic E-state index is 12.9. The number of aromatic nitrogens is 9. The zero-order chi connectivity index (χ0) is 66.8. The highest BCUT2D eigenvalue weighted by Gasteiger charge is 2.35. The molecule has 3 saturated heterocycles. The normalized spacial score (nSPS) is 16.1. The van der Waals surface area contributed by atoms with E-state index < -0.39 is 48.2 Å². The summed E-state index contributed by atoms with van der Waals surface area (Å²) in [5, 5.41) is 31.1. The molecule has 6 aromatic heterocycles. The minimum Gasteiger partial charge on any atom is -0.354 e. The Kier molecular flexibility index (Phi) is 29.4. The van der Waals surface area contributed by atoms with Crippen LogP contribution in [0.25, 0.3) is 0 Å². The van der Waals surface area contributed by atoms with Crippen molar-refractivity contribution in [3.63, 3.8) is 0 Å². The Bertz CT molecular complexity index is 3190. The molecule has 6 aromatic rings. The standard InChI is InChI=1S/3C19H25BrN6O4S/c3*20-16-5-6-19(23-13-16)24-9-11-25(12-10-24)31(29,30)14-17(26(28)15-27)3-1-4-18-21-7-2-8-22-18/h3*2,5-8,13,15,17,28H,1,3-4,9-12,14H2/t2*17-;/m10./s1. The second-order valence-corrected chi connectivity index (χ2v) is 30.4. The summed E-state index contributed by atoms with van der Waals surface area (Å²) >= 11 is 10.1. The third-order valence-corrected chi connectivity index (χ3v) is 22.6. The maximum Gasteiger partial charge on any atom is 0.233 e. The van der Waals surface area contributed by atoms with Crippen LogP contribution in [0.1, 0.15) is 56.0 Å². The molecular formula is C57H75Br3N18O12S3. The molecule has 504 valence electrons. The third-order valence-electron chi connectivity index (χ3n) is 15.3. The first-order chi connectivity index (χ1) is 44.7. The predicted octanol–water partition coefficient (Wildman–Crippen LogP) is 3.98. The second-order valence-electron chi connectivity index (χ2n) is 21.6. The van der Waals surface area contributed by atoms with E-state index in [1.165, 1.54) is 12.9 Å². The quantitative estimate of drug-likeness (QED) is 0.0326. The zero-order valence-electron chi connectivity index (χ0n) is 50.8. The summed E-state index contributed by atoms with van der Waals surface area (Å²) in [5.74, 6) is 3.28. The van der Waals surface area contributed by atoms with Crippen molar-refractivity contribution in [2.45, 2.75) is 75.9 Å². The largest absolute Gasteiger partial charge is 0.354 e. The molecular weight excluding hydrogens is 1460 g/mol. The van der Waals surface area contributed by atoms with Gasteiger partial charge in [-0.25, -0.2) is 85.3 Å². The van der Waals surface area contributed by atoms with Crippen LogP contribution >= 0.6 is 47.8 Å². The topological polar surface area (TPSA) is 359 Å². The van der Waals surface area contributed by atoms with Crippen LogP contribution < -0.4 is 14.7 Å². The van der Waals surface area contributed by atoms with Crippen LogP contribution in [0.4, 0.5) is 17.5 Å². The molecule has 0 aliphatic carbocycles. The molecule has 3 amide bonds. The van der Waals surface area contributed by atoms with E-state index in [-0.39, 0.29) is 36.5 Å². The molecule has 3 atom stereocenters. The smallest absolute Gasteiger partial charge is 0.233 e. The van der Waals surface area contributed by atoms with Gasteiger partial charge in [0, 0.05) is 167 Å². The van der Waals surface area contributed by atoms with Crippen molar-refractivity contribution in [3.05, 3.63) is 141 Å². The number of rotatable bonds is 30. The Morgan fingerprint density at radius 2 is 0.624 bits per heavy atom. The Balaban J connectivity index is 0.000000198. The molecule has 1 unspecified atom stereocenters. The molecule has 0 bridgehead atoms. The fourth-order valence-corrected chi connectivity index (χ4v) is 16.2. The minimum absolute atomic E-state index is 0.246. The maximum absolute atomic E-state index is 12.9. The average molecular weight is 1540 g/mol. The Morgan fingerprint density at radius 1 is 0.387 bits per heavy atom. The molecule has 93 heavy (non-hydrogen) atoms. The van der Waals surface area contributed by atoms with E-state index in [1.54, 1.807) is 74.0 Å². The zero-order valence-corrected chi connectivity index (χ0v) is 58.0. The molecule has 3 N–H and O–H groups in total. The lowest BCUT2D eigenvalue weighted by Gasteiger charge is -2.35.